The molecule has 0 aromatic carbocycles. The van der Waals surface area contributed by atoms with Gasteiger partial charge in [0.25, 0.3) is 0 Å². The van der Waals surface area contributed by atoms with Crippen LogP contribution in [0.4, 0.5) is 0 Å². The summed E-state index contributed by atoms with van der Waals surface area (Å²) in [6.45, 7) is 7.88. The maximum Gasteiger partial charge on any atom is 0.217 e. The Morgan fingerprint density at radius 2 is 1.90 bits per heavy atom. The number of carbonyl (C=O) groups excluding carboxylic acids is 1. The molecule has 2 nitrogen and oxygen atoms in total. The van der Waals surface area contributed by atoms with Gasteiger partial charge < -0.3 is 5.32 Å². The molecular weight excluding hydrogens is 126 g/mol. The molecule has 0 heterocycles. The lowest BCUT2D eigenvalue weighted by Gasteiger charge is -2.13. The van der Waals surface area contributed by atoms with E-state index in [9.17, 15) is 4.79 Å². The molecule has 0 aromatic heterocycles. The Morgan fingerprint density at radius 1 is 1.40 bits per heavy atom. The molecule has 0 radical (unpaired) electrons. The molecule has 0 bridgehead atoms. The van der Waals surface area contributed by atoms with Gasteiger partial charge >= 0.3 is 0 Å². The van der Waals surface area contributed by atoms with Gasteiger partial charge in [0.2, 0.25) is 5.91 Å². The van der Waals surface area contributed by atoms with Crippen LogP contribution in [0.25, 0.3) is 0 Å². The van der Waals surface area contributed by atoms with Crippen molar-refractivity contribution < 1.29 is 4.79 Å². The molecule has 2 heteroatoms. The zero-order valence-electron chi connectivity index (χ0n) is 7.27. The van der Waals surface area contributed by atoms with Crippen molar-refractivity contribution in [1.29, 1.82) is 0 Å². The summed E-state index contributed by atoms with van der Waals surface area (Å²) < 4.78 is 0. The first-order valence-electron chi connectivity index (χ1n) is 3.79. The van der Waals surface area contributed by atoms with Crippen molar-refractivity contribution in [1.82, 2.24) is 5.32 Å². The number of nitrogens with one attached hydrogen (secondary N) is 1. The van der Waals surface area contributed by atoms with Gasteiger partial charge in [-0.25, -0.2) is 0 Å². The number of amides is 1. The fraction of sp³-hybridized carbons (Fsp3) is 0.875. The van der Waals surface area contributed by atoms with Crippen LogP contribution >= 0.6 is 0 Å². The summed E-state index contributed by atoms with van der Waals surface area (Å²) in [5.41, 5.74) is 0. The molecule has 1 amide bonds. The molecule has 0 spiro atoms. The molecule has 0 fully saturated rings. The second-order valence-corrected chi connectivity index (χ2v) is 3.23. The lowest BCUT2D eigenvalue weighted by atomic mass is 10.1. The van der Waals surface area contributed by atoms with E-state index in [1.807, 2.05) is 6.92 Å². The maximum absolute atomic E-state index is 10.5. The molecular formula is C8H17NO. The van der Waals surface area contributed by atoms with Crippen LogP contribution < -0.4 is 5.32 Å². The summed E-state index contributed by atoms with van der Waals surface area (Å²) in [7, 11) is 0. The molecule has 0 aliphatic heterocycles. The van der Waals surface area contributed by atoms with Crippen molar-refractivity contribution in [2.45, 2.75) is 40.2 Å². The molecule has 0 aromatic rings. The van der Waals surface area contributed by atoms with E-state index in [1.54, 1.807) is 6.92 Å². The first-order chi connectivity index (χ1) is 4.52. The number of carbonyl (C=O) groups is 1. The predicted octanol–water partition coefficient (Wildman–Crippen LogP) is 1.56. The third-order valence-electron chi connectivity index (χ3n) is 1.27. The van der Waals surface area contributed by atoms with Gasteiger partial charge in [-0.3, -0.25) is 4.79 Å². The topological polar surface area (TPSA) is 29.1 Å². The monoisotopic (exact) mass is 143 g/mol. The van der Waals surface area contributed by atoms with Crippen LogP contribution in [-0.4, -0.2) is 11.9 Å². The quantitative estimate of drug-likeness (QED) is 0.638. The smallest absolute Gasteiger partial charge is 0.217 e. The van der Waals surface area contributed by atoms with Gasteiger partial charge in [-0.05, 0) is 19.3 Å². The highest BCUT2D eigenvalue weighted by Gasteiger charge is 2.04. The van der Waals surface area contributed by atoms with E-state index in [1.165, 1.54) is 0 Å². The van der Waals surface area contributed by atoms with Crippen LogP contribution in [0, 0.1) is 5.92 Å². The van der Waals surface area contributed by atoms with Crippen molar-refractivity contribution in [3.05, 3.63) is 0 Å². The van der Waals surface area contributed by atoms with E-state index >= 15 is 0 Å². The summed E-state index contributed by atoms with van der Waals surface area (Å²) >= 11 is 0. The van der Waals surface area contributed by atoms with Crippen LogP contribution in [0.15, 0.2) is 0 Å². The van der Waals surface area contributed by atoms with E-state index < -0.39 is 0 Å². The summed E-state index contributed by atoms with van der Waals surface area (Å²) in [4.78, 5) is 10.5. The second kappa shape index (κ2) is 4.31. The first-order valence-corrected chi connectivity index (χ1v) is 3.79. The summed E-state index contributed by atoms with van der Waals surface area (Å²) in [5.74, 6) is 0.718. The molecule has 0 aliphatic rings. The zero-order chi connectivity index (χ0) is 8.15. The molecule has 1 N–H and O–H groups in total. The Labute approximate surface area is 63.0 Å². The van der Waals surface area contributed by atoms with Crippen molar-refractivity contribution in [2.24, 2.45) is 5.92 Å². The van der Waals surface area contributed by atoms with Crippen LogP contribution in [0.1, 0.15) is 34.1 Å². The van der Waals surface area contributed by atoms with E-state index in [-0.39, 0.29) is 5.91 Å². The zero-order valence-corrected chi connectivity index (χ0v) is 7.27. The third kappa shape index (κ3) is 5.60. The minimum Gasteiger partial charge on any atom is -0.354 e. The van der Waals surface area contributed by atoms with E-state index in [2.05, 4.69) is 19.2 Å². The van der Waals surface area contributed by atoms with Gasteiger partial charge in [-0.1, -0.05) is 13.8 Å². The highest BCUT2D eigenvalue weighted by molar-refractivity contribution is 5.73. The van der Waals surface area contributed by atoms with Gasteiger partial charge in [0.15, 0.2) is 0 Å². The molecule has 0 unspecified atom stereocenters. The lowest BCUT2D eigenvalue weighted by Crippen LogP contribution is -2.31. The minimum atomic E-state index is 0.0631. The number of hydrogen-bond acceptors (Lipinski definition) is 1. The molecule has 10 heavy (non-hydrogen) atoms. The average molecular weight is 143 g/mol. The van der Waals surface area contributed by atoms with E-state index in [0.717, 1.165) is 6.42 Å². The molecule has 0 saturated carbocycles. The molecule has 0 rings (SSSR count). The van der Waals surface area contributed by atoms with Crippen molar-refractivity contribution in [3.63, 3.8) is 0 Å². The third-order valence-corrected chi connectivity index (χ3v) is 1.27. The van der Waals surface area contributed by atoms with Crippen molar-refractivity contribution in [3.8, 4) is 0 Å². The molecule has 60 valence electrons. The van der Waals surface area contributed by atoms with Crippen LogP contribution in [0.5, 0.6) is 0 Å². The Balaban J connectivity index is 3.43. The average Bonchev–Trinajstić information content (AvgIpc) is 1.58. The van der Waals surface area contributed by atoms with Gasteiger partial charge in [0.1, 0.15) is 0 Å². The van der Waals surface area contributed by atoms with E-state index in [4.69, 9.17) is 0 Å². The normalized spacial score (nSPS) is 13.3. The Kier molecular flexibility index (Phi) is 4.08. The second-order valence-electron chi connectivity index (χ2n) is 3.23. The van der Waals surface area contributed by atoms with Gasteiger partial charge in [-0.2, -0.15) is 0 Å². The van der Waals surface area contributed by atoms with Crippen LogP contribution in [0.2, 0.25) is 0 Å². The van der Waals surface area contributed by atoms with Crippen LogP contribution in [0.3, 0.4) is 0 Å². The fourth-order valence-corrected chi connectivity index (χ4v) is 1.11. The largest absolute Gasteiger partial charge is 0.354 e. The number of hydrogen-bond donors (Lipinski definition) is 1. The highest BCUT2D eigenvalue weighted by atomic mass is 16.1. The summed E-state index contributed by atoms with van der Waals surface area (Å²) in [6.07, 6.45) is 1.06. The van der Waals surface area contributed by atoms with Gasteiger partial charge in [0, 0.05) is 13.0 Å². The minimum absolute atomic E-state index is 0.0631. The molecule has 0 aliphatic carbocycles. The van der Waals surface area contributed by atoms with Gasteiger partial charge in [0.05, 0.1) is 0 Å². The van der Waals surface area contributed by atoms with Crippen LogP contribution in [-0.2, 0) is 4.79 Å². The van der Waals surface area contributed by atoms with Gasteiger partial charge in [-0.15, -0.1) is 0 Å². The molecule has 1 atom stereocenters. The number of rotatable bonds is 3. The van der Waals surface area contributed by atoms with Crippen molar-refractivity contribution in [2.75, 3.05) is 0 Å². The fourth-order valence-electron chi connectivity index (χ4n) is 1.11. The highest BCUT2D eigenvalue weighted by Crippen LogP contribution is 2.02. The Morgan fingerprint density at radius 3 is 2.20 bits per heavy atom. The lowest BCUT2D eigenvalue weighted by molar-refractivity contribution is -0.119. The predicted molar refractivity (Wildman–Crippen MR) is 42.7 cm³/mol. The Hall–Kier alpha value is -0.530. The Bertz CT molecular complexity index is 110. The maximum atomic E-state index is 10.5. The molecule has 0 saturated heterocycles. The standard InChI is InChI=1S/C8H17NO/c1-6(2)5-7(3)9-8(4)10/h6-7H,5H2,1-4H3,(H,9,10)/t7-/m0/s1. The summed E-state index contributed by atoms with van der Waals surface area (Å²) in [6, 6.07) is 0.317. The van der Waals surface area contributed by atoms with E-state index in [0.29, 0.717) is 12.0 Å². The first kappa shape index (κ1) is 9.47. The summed E-state index contributed by atoms with van der Waals surface area (Å²) in [5, 5.41) is 2.84. The van der Waals surface area contributed by atoms with Crippen molar-refractivity contribution >= 4 is 5.91 Å². The SMILES string of the molecule is CC(=O)N[C@@H](C)CC(C)C.